The Bertz CT molecular complexity index is 1060. The maximum atomic E-state index is 13.9. The number of aromatic hydroxyl groups is 1. The van der Waals surface area contributed by atoms with Gasteiger partial charge in [-0.15, -0.1) is 0 Å². The Morgan fingerprint density at radius 1 is 1.29 bits per heavy atom. The van der Waals surface area contributed by atoms with Gasteiger partial charge in [-0.05, 0) is 18.2 Å². The highest BCUT2D eigenvalue weighted by Crippen LogP contribution is 2.32. The Hall–Kier alpha value is -2.91. The van der Waals surface area contributed by atoms with Gasteiger partial charge in [0.2, 0.25) is 5.89 Å². The number of oxazole rings is 1. The Balaban J connectivity index is 2.18. The summed E-state index contributed by atoms with van der Waals surface area (Å²) in [6.45, 7) is 3.57. The van der Waals surface area contributed by atoms with Crippen molar-refractivity contribution < 1.29 is 31.1 Å². The zero-order chi connectivity index (χ0) is 17.5. The Labute approximate surface area is 135 Å². The van der Waals surface area contributed by atoms with Gasteiger partial charge >= 0.3 is 10.4 Å². The summed E-state index contributed by atoms with van der Waals surface area (Å²) in [4.78, 5) is 4.08. The number of halogens is 1. The third kappa shape index (κ3) is 3.07. The van der Waals surface area contributed by atoms with Gasteiger partial charge in [0, 0.05) is 17.7 Å². The molecule has 1 aromatic heterocycles. The van der Waals surface area contributed by atoms with E-state index in [1.807, 2.05) is 0 Å². The van der Waals surface area contributed by atoms with Crippen LogP contribution in [0.1, 0.15) is 5.56 Å². The van der Waals surface area contributed by atoms with Gasteiger partial charge < -0.3 is 13.7 Å². The van der Waals surface area contributed by atoms with E-state index in [1.165, 1.54) is 30.3 Å². The predicted octanol–water partition coefficient (Wildman–Crippen LogP) is 3.16. The van der Waals surface area contributed by atoms with Gasteiger partial charge in [-0.25, -0.2) is 9.37 Å². The minimum Gasteiger partial charge on any atom is -0.508 e. The molecule has 2 aromatic carbocycles. The second-order valence-corrected chi connectivity index (χ2v) is 5.78. The number of phenolic OH excluding ortho intramolecular Hbond substituents is 1. The Morgan fingerprint density at radius 2 is 2.04 bits per heavy atom. The van der Waals surface area contributed by atoms with Crippen molar-refractivity contribution in [1.29, 1.82) is 0 Å². The van der Waals surface area contributed by atoms with E-state index < -0.39 is 16.2 Å². The molecule has 0 spiro atoms. The number of nitrogens with zero attached hydrogens (tertiary/aromatic N) is 1. The van der Waals surface area contributed by atoms with Crippen LogP contribution >= 0.6 is 0 Å². The van der Waals surface area contributed by atoms with Crippen molar-refractivity contribution >= 4 is 27.6 Å². The minimum atomic E-state index is -4.71. The summed E-state index contributed by atoms with van der Waals surface area (Å²) in [5, 5.41) is 9.25. The summed E-state index contributed by atoms with van der Waals surface area (Å²) in [5.41, 5.74) is 0.754. The van der Waals surface area contributed by atoms with E-state index in [0.717, 1.165) is 6.07 Å². The van der Waals surface area contributed by atoms with Gasteiger partial charge in [-0.3, -0.25) is 4.55 Å². The lowest BCUT2D eigenvalue weighted by molar-refractivity contribution is 0.387. The molecule has 9 heteroatoms. The number of benzene rings is 2. The van der Waals surface area contributed by atoms with Gasteiger partial charge in [0.25, 0.3) is 0 Å². The SMILES string of the molecule is C=Cc1cc(OS(=O)(=O)O)cc2nc(-c3ccc(O)cc3F)oc12. The quantitative estimate of drug-likeness (QED) is 0.695. The molecule has 0 amide bonds. The normalized spacial score (nSPS) is 11.6. The molecule has 0 saturated carbocycles. The molecule has 7 nitrogen and oxygen atoms in total. The van der Waals surface area contributed by atoms with E-state index in [-0.39, 0.29) is 34.1 Å². The highest BCUT2D eigenvalue weighted by Gasteiger charge is 2.17. The van der Waals surface area contributed by atoms with Crippen LogP contribution in [0.4, 0.5) is 4.39 Å². The van der Waals surface area contributed by atoms with Crippen molar-refractivity contribution in [2.45, 2.75) is 0 Å². The van der Waals surface area contributed by atoms with Crippen LogP contribution in [-0.4, -0.2) is 23.1 Å². The summed E-state index contributed by atoms with van der Waals surface area (Å²) in [6.07, 6.45) is 1.36. The first-order valence-corrected chi connectivity index (χ1v) is 7.86. The molecule has 0 aliphatic carbocycles. The van der Waals surface area contributed by atoms with Gasteiger partial charge in [0.15, 0.2) is 5.58 Å². The maximum Gasteiger partial charge on any atom is 0.446 e. The van der Waals surface area contributed by atoms with Gasteiger partial charge in [-0.2, -0.15) is 8.42 Å². The molecule has 2 N–H and O–H groups in total. The largest absolute Gasteiger partial charge is 0.508 e. The number of aromatic nitrogens is 1. The molecule has 124 valence electrons. The molecule has 3 aromatic rings. The average Bonchev–Trinajstić information content (AvgIpc) is 2.88. The number of hydrogen-bond acceptors (Lipinski definition) is 6. The van der Waals surface area contributed by atoms with Crippen LogP contribution in [0.2, 0.25) is 0 Å². The number of phenols is 1. The molecule has 24 heavy (non-hydrogen) atoms. The molecule has 0 radical (unpaired) electrons. The molecule has 3 rings (SSSR count). The number of rotatable bonds is 4. The Kier molecular flexibility index (Phi) is 3.74. The summed E-state index contributed by atoms with van der Waals surface area (Å²) in [5.74, 6) is -1.26. The van der Waals surface area contributed by atoms with E-state index in [4.69, 9.17) is 8.97 Å². The van der Waals surface area contributed by atoms with Gasteiger partial charge in [0.1, 0.15) is 22.8 Å². The lowest BCUT2D eigenvalue weighted by atomic mass is 10.2. The van der Waals surface area contributed by atoms with Crippen LogP contribution in [0.5, 0.6) is 11.5 Å². The third-order valence-electron chi connectivity index (χ3n) is 3.10. The van der Waals surface area contributed by atoms with Crippen LogP contribution in [0.3, 0.4) is 0 Å². The first kappa shape index (κ1) is 16.0. The summed E-state index contributed by atoms with van der Waals surface area (Å²) in [7, 11) is -4.71. The van der Waals surface area contributed by atoms with Crippen LogP contribution in [-0.2, 0) is 10.4 Å². The average molecular weight is 351 g/mol. The third-order valence-corrected chi connectivity index (χ3v) is 3.50. The molecule has 0 aliphatic heterocycles. The molecule has 0 saturated heterocycles. The van der Waals surface area contributed by atoms with E-state index in [0.29, 0.717) is 5.56 Å². The van der Waals surface area contributed by atoms with E-state index in [9.17, 15) is 17.9 Å². The second kappa shape index (κ2) is 5.62. The predicted molar refractivity (Wildman–Crippen MR) is 83.3 cm³/mol. The van der Waals surface area contributed by atoms with Crippen molar-refractivity contribution in [2.75, 3.05) is 0 Å². The van der Waals surface area contributed by atoms with E-state index in [1.54, 1.807) is 0 Å². The number of hydrogen-bond donors (Lipinski definition) is 2. The topological polar surface area (TPSA) is 110 Å². The number of fused-ring (bicyclic) bond motifs is 1. The fourth-order valence-electron chi connectivity index (χ4n) is 2.15. The monoisotopic (exact) mass is 351 g/mol. The fourth-order valence-corrected chi connectivity index (χ4v) is 2.49. The zero-order valence-electron chi connectivity index (χ0n) is 11.9. The van der Waals surface area contributed by atoms with Gasteiger partial charge in [-0.1, -0.05) is 12.7 Å². The van der Waals surface area contributed by atoms with Crippen LogP contribution in [0, 0.1) is 5.82 Å². The first-order chi connectivity index (χ1) is 11.3. The molecule has 1 heterocycles. The van der Waals surface area contributed by atoms with Gasteiger partial charge in [0.05, 0.1) is 5.56 Å². The lowest BCUT2D eigenvalue weighted by Gasteiger charge is -2.02. The molecular formula is C15H10FNO6S. The molecule has 0 bridgehead atoms. The summed E-state index contributed by atoms with van der Waals surface area (Å²) >= 11 is 0. The van der Waals surface area contributed by atoms with Crippen molar-refractivity contribution in [1.82, 2.24) is 4.98 Å². The molecule has 0 unspecified atom stereocenters. The lowest BCUT2D eigenvalue weighted by Crippen LogP contribution is -2.06. The van der Waals surface area contributed by atoms with E-state index >= 15 is 0 Å². The standard InChI is InChI=1S/C15H10FNO6S/c1-2-8-5-10(23-24(19,20)21)7-13-14(8)22-15(17-13)11-4-3-9(18)6-12(11)16/h2-7,18H,1H2,(H,19,20,21). The van der Waals surface area contributed by atoms with Crippen molar-refractivity contribution in [3.63, 3.8) is 0 Å². The first-order valence-electron chi connectivity index (χ1n) is 6.49. The van der Waals surface area contributed by atoms with E-state index in [2.05, 4.69) is 15.7 Å². The van der Waals surface area contributed by atoms with Crippen molar-refractivity contribution in [2.24, 2.45) is 0 Å². The summed E-state index contributed by atoms with van der Waals surface area (Å²) < 4.78 is 54.3. The minimum absolute atomic E-state index is 0.0104. The van der Waals surface area contributed by atoms with Crippen LogP contribution < -0.4 is 4.18 Å². The fraction of sp³-hybridized carbons (Fsp3) is 0. The molecule has 0 atom stereocenters. The highest BCUT2D eigenvalue weighted by molar-refractivity contribution is 7.81. The smallest absolute Gasteiger partial charge is 0.446 e. The molecule has 0 fully saturated rings. The van der Waals surface area contributed by atoms with Crippen molar-refractivity contribution in [3.05, 3.63) is 48.3 Å². The highest BCUT2D eigenvalue weighted by atomic mass is 32.3. The maximum absolute atomic E-state index is 13.9. The Morgan fingerprint density at radius 3 is 2.67 bits per heavy atom. The summed E-state index contributed by atoms with van der Waals surface area (Å²) in [6, 6.07) is 5.95. The molecular weight excluding hydrogens is 341 g/mol. The molecule has 0 aliphatic rings. The van der Waals surface area contributed by atoms with Crippen LogP contribution in [0.25, 0.3) is 28.6 Å². The van der Waals surface area contributed by atoms with Crippen LogP contribution in [0.15, 0.2) is 41.3 Å². The zero-order valence-corrected chi connectivity index (χ0v) is 12.7. The second-order valence-electron chi connectivity index (χ2n) is 4.76. The van der Waals surface area contributed by atoms with Crippen molar-refractivity contribution in [3.8, 4) is 23.0 Å².